The van der Waals surface area contributed by atoms with Gasteiger partial charge in [0, 0.05) is 12.0 Å². The summed E-state index contributed by atoms with van der Waals surface area (Å²) < 4.78 is 37.3. The number of carbonyl (C=O) groups excluding carboxylic acids is 1. The molecule has 6 nitrogen and oxygen atoms in total. The minimum Gasteiger partial charge on any atom is -0.497 e. The topological polar surface area (TPSA) is 95.7 Å². The van der Waals surface area contributed by atoms with Crippen LogP contribution in [-0.2, 0) is 19.4 Å². The summed E-state index contributed by atoms with van der Waals surface area (Å²) in [5.74, 6) is -1.18. The number of ether oxygens (including phenoxy) is 2. The summed E-state index contributed by atoms with van der Waals surface area (Å²) in [6, 6.07) is 16.1. The lowest BCUT2D eigenvalue weighted by Crippen LogP contribution is -2.41. The fourth-order valence-electron chi connectivity index (χ4n) is 3.41. The molecule has 1 aromatic heterocycles. The number of carbonyl (C=O) groups is 1. The Morgan fingerprint density at radius 2 is 1.63 bits per heavy atom. The Hall–Kier alpha value is -2.68. The summed E-state index contributed by atoms with van der Waals surface area (Å²) in [5.41, 5.74) is 7.96. The van der Waals surface area contributed by atoms with Gasteiger partial charge in [-0.05, 0) is 52.2 Å². The lowest BCUT2D eigenvalue weighted by molar-refractivity contribution is -0.140. The van der Waals surface area contributed by atoms with Gasteiger partial charge in [-0.15, -0.1) is 0 Å². The van der Waals surface area contributed by atoms with Crippen LogP contribution in [-0.4, -0.2) is 33.9 Å². The van der Waals surface area contributed by atoms with E-state index in [9.17, 15) is 13.2 Å². The highest BCUT2D eigenvalue weighted by atomic mass is 32.2. The van der Waals surface area contributed by atoms with Crippen molar-refractivity contribution in [2.45, 2.75) is 22.1 Å². The number of thiophene rings is 1. The molecule has 0 bridgehead atoms. The highest BCUT2D eigenvalue weighted by molar-refractivity contribution is 7.92. The Kier molecular flexibility index (Phi) is 6.91. The largest absolute Gasteiger partial charge is 0.497 e. The maximum Gasteiger partial charge on any atom is 0.325 e. The van der Waals surface area contributed by atoms with Crippen LogP contribution in [0.1, 0.15) is 23.1 Å². The van der Waals surface area contributed by atoms with E-state index in [1.807, 2.05) is 41.1 Å². The summed E-state index contributed by atoms with van der Waals surface area (Å²) in [6.07, 6.45) is 0. The third kappa shape index (κ3) is 4.40. The zero-order valence-electron chi connectivity index (χ0n) is 16.6. The van der Waals surface area contributed by atoms with Crippen LogP contribution in [0.3, 0.4) is 0 Å². The Labute approximate surface area is 180 Å². The zero-order valence-corrected chi connectivity index (χ0v) is 18.2. The van der Waals surface area contributed by atoms with Gasteiger partial charge in [-0.1, -0.05) is 30.3 Å². The summed E-state index contributed by atoms with van der Waals surface area (Å²) in [5, 5.41) is 2.13. The summed E-state index contributed by atoms with van der Waals surface area (Å²) in [4.78, 5) is 12.8. The first-order chi connectivity index (χ1) is 14.4. The number of hydrogen-bond donors (Lipinski definition) is 1. The highest BCUT2D eigenvalue weighted by Gasteiger charge is 2.45. The van der Waals surface area contributed by atoms with E-state index in [0.717, 1.165) is 5.56 Å². The molecule has 0 aliphatic heterocycles. The van der Waals surface area contributed by atoms with E-state index in [1.54, 1.807) is 6.07 Å². The molecule has 0 fully saturated rings. The number of hydrogen-bond acceptors (Lipinski definition) is 7. The molecule has 158 valence electrons. The van der Waals surface area contributed by atoms with Crippen LogP contribution < -0.4 is 10.5 Å². The Balaban J connectivity index is 2.15. The van der Waals surface area contributed by atoms with Gasteiger partial charge >= 0.3 is 5.97 Å². The fraction of sp³-hybridized carbons (Fsp3) is 0.227. The molecule has 0 spiro atoms. The van der Waals surface area contributed by atoms with Crippen molar-refractivity contribution in [2.24, 2.45) is 5.73 Å². The molecule has 0 aliphatic rings. The normalized spacial score (nSPS) is 14.5. The average Bonchev–Trinajstić information content (AvgIpc) is 3.31. The number of nitrogens with two attached hydrogens (primary N) is 1. The molecule has 8 heteroatoms. The van der Waals surface area contributed by atoms with Crippen LogP contribution in [0.5, 0.6) is 5.75 Å². The maximum atomic E-state index is 13.6. The van der Waals surface area contributed by atoms with E-state index < -0.39 is 33.0 Å². The van der Waals surface area contributed by atoms with Crippen molar-refractivity contribution in [2.75, 3.05) is 14.2 Å². The molecule has 0 saturated heterocycles. The SMILES string of the molecule is COC(=O)C(C(c1ccsc1)C(N)c1ccccc1)S(=O)(=O)c1ccc(OC)cc1. The fourth-order valence-corrected chi connectivity index (χ4v) is 5.99. The predicted molar refractivity (Wildman–Crippen MR) is 116 cm³/mol. The number of methoxy groups -OCH3 is 2. The Bertz CT molecular complexity index is 1060. The molecule has 2 aromatic carbocycles. The quantitative estimate of drug-likeness (QED) is 0.533. The Morgan fingerprint density at radius 3 is 2.17 bits per heavy atom. The molecule has 0 aliphatic carbocycles. The molecular formula is C22H23NO5S2. The van der Waals surface area contributed by atoms with Gasteiger partial charge in [-0.2, -0.15) is 11.3 Å². The van der Waals surface area contributed by atoms with E-state index in [1.165, 1.54) is 49.8 Å². The van der Waals surface area contributed by atoms with Gasteiger partial charge in [0.15, 0.2) is 15.1 Å². The van der Waals surface area contributed by atoms with Crippen molar-refractivity contribution in [3.8, 4) is 5.75 Å². The van der Waals surface area contributed by atoms with E-state index in [4.69, 9.17) is 15.2 Å². The molecule has 3 rings (SSSR count). The predicted octanol–water partition coefficient (Wildman–Crippen LogP) is 3.56. The number of esters is 1. The third-order valence-electron chi connectivity index (χ3n) is 4.98. The van der Waals surface area contributed by atoms with Crippen molar-refractivity contribution in [3.63, 3.8) is 0 Å². The third-order valence-corrected chi connectivity index (χ3v) is 7.77. The average molecular weight is 446 g/mol. The Morgan fingerprint density at radius 1 is 0.967 bits per heavy atom. The monoisotopic (exact) mass is 445 g/mol. The van der Waals surface area contributed by atoms with Crippen LogP contribution in [0, 0.1) is 0 Å². The van der Waals surface area contributed by atoms with E-state index >= 15 is 0 Å². The molecule has 3 atom stereocenters. The second-order valence-corrected chi connectivity index (χ2v) is 9.53. The standard InChI is InChI=1S/C22H23NO5S2/c1-27-17-8-10-18(11-9-17)30(25,26)21(22(24)28-2)19(16-12-13-29-14-16)20(23)15-6-4-3-5-7-15/h3-14,19-21H,23H2,1-2H3. The molecule has 30 heavy (non-hydrogen) atoms. The van der Waals surface area contributed by atoms with Gasteiger partial charge in [0.05, 0.1) is 19.1 Å². The van der Waals surface area contributed by atoms with Crippen LogP contribution in [0.15, 0.2) is 76.3 Å². The van der Waals surface area contributed by atoms with Gasteiger partial charge < -0.3 is 15.2 Å². The molecule has 0 amide bonds. The van der Waals surface area contributed by atoms with E-state index in [0.29, 0.717) is 11.3 Å². The zero-order chi connectivity index (χ0) is 21.7. The minimum absolute atomic E-state index is 0.000749. The molecular weight excluding hydrogens is 422 g/mol. The van der Waals surface area contributed by atoms with Crippen molar-refractivity contribution >= 4 is 27.1 Å². The lowest BCUT2D eigenvalue weighted by Gasteiger charge is -2.30. The van der Waals surface area contributed by atoms with Gasteiger partial charge in [-0.25, -0.2) is 8.42 Å². The van der Waals surface area contributed by atoms with Gasteiger partial charge in [-0.3, -0.25) is 4.79 Å². The second kappa shape index (κ2) is 9.42. The van der Waals surface area contributed by atoms with Crippen molar-refractivity contribution in [3.05, 3.63) is 82.6 Å². The van der Waals surface area contributed by atoms with E-state index in [-0.39, 0.29) is 4.90 Å². The van der Waals surface area contributed by atoms with Crippen molar-refractivity contribution < 1.29 is 22.7 Å². The first kappa shape index (κ1) is 22.0. The smallest absolute Gasteiger partial charge is 0.325 e. The second-order valence-electron chi connectivity index (χ2n) is 6.68. The van der Waals surface area contributed by atoms with Crippen LogP contribution >= 0.6 is 11.3 Å². The number of sulfone groups is 1. The van der Waals surface area contributed by atoms with Crippen LogP contribution in [0.25, 0.3) is 0 Å². The van der Waals surface area contributed by atoms with Gasteiger partial charge in [0.25, 0.3) is 0 Å². The van der Waals surface area contributed by atoms with E-state index in [2.05, 4.69) is 0 Å². The first-order valence-corrected chi connectivity index (χ1v) is 11.7. The van der Waals surface area contributed by atoms with Gasteiger partial charge in [0.2, 0.25) is 0 Å². The summed E-state index contributed by atoms with van der Waals surface area (Å²) in [7, 11) is -1.45. The van der Waals surface area contributed by atoms with Crippen molar-refractivity contribution in [1.82, 2.24) is 0 Å². The molecule has 0 saturated carbocycles. The molecule has 1 heterocycles. The molecule has 3 aromatic rings. The molecule has 3 unspecified atom stereocenters. The molecule has 2 N–H and O–H groups in total. The van der Waals surface area contributed by atoms with Crippen LogP contribution in [0.2, 0.25) is 0 Å². The summed E-state index contributed by atoms with van der Waals surface area (Å²) >= 11 is 1.41. The van der Waals surface area contributed by atoms with Gasteiger partial charge in [0.1, 0.15) is 5.75 Å². The lowest BCUT2D eigenvalue weighted by atomic mass is 9.86. The number of benzene rings is 2. The number of rotatable bonds is 8. The van der Waals surface area contributed by atoms with Crippen molar-refractivity contribution in [1.29, 1.82) is 0 Å². The summed E-state index contributed by atoms with van der Waals surface area (Å²) in [6.45, 7) is 0. The highest BCUT2D eigenvalue weighted by Crippen LogP contribution is 2.39. The molecule has 0 radical (unpaired) electrons. The first-order valence-electron chi connectivity index (χ1n) is 9.18. The van der Waals surface area contributed by atoms with Crippen LogP contribution in [0.4, 0.5) is 0 Å². The maximum absolute atomic E-state index is 13.6. The minimum atomic E-state index is -4.12.